The molecule has 0 radical (unpaired) electrons. The third-order valence-electron chi connectivity index (χ3n) is 4.89. The third-order valence-corrected chi connectivity index (χ3v) is 10.0. The van der Waals surface area contributed by atoms with Crippen LogP contribution in [0.3, 0.4) is 0 Å². The number of aromatic nitrogens is 3. The van der Waals surface area contributed by atoms with Crippen molar-refractivity contribution in [2.75, 3.05) is 26.9 Å². The van der Waals surface area contributed by atoms with Gasteiger partial charge in [0.15, 0.2) is 0 Å². The van der Waals surface area contributed by atoms with Crippen LogP contribution in [0, 0.1) is 0 Å². The average molecular weight is 644 g/mol. The molecule has 0 amide bonds. The molecule has 1 aliphatic rings. The molecule has 228 valence electrons. The maximum atomic E-state index is 11.8. The quantitative estimate of drug-likeness (QED) is 0.145. The standard InChI is InChI=1S/C16H33N3O16P4/c1-13-10-15(20)16(33-13)12-32-38(25,26)35-39(27,28)34-37(23,24)31-9-5-7-19-11-14(17-18-19)6-3-4-8-30-36(21,22)29-2/h11,13,15-16,20H,3-10,12H2,1-2H3,(H,21,22)(H,23,24)(H,25,26)(H,27,28)/p-3/t13-,15+,16+/m0/s1. The number of ether oxygens (including phenoxy) is 1. The number of phosphoric ester groups is 3. The smallest absolute Gasteiger partial charge is 0.471 e. The number of hydrogen-bond donors (Lipinski definition) is 2. The summed E-state index contributed by atoms with van der Waals surface area (Å²) in [5.41, 5.74) is 0.588. The first-order valence-electron chi connectivity index (χ1n) is 11.4. The molecule has 0 aromatic carbocycles. The number of aliphatic hydroxyl groups is 1. The minimum Gasteiger partial charge on any atom is -0.756 e. The molecule has 0 aliphatic carbocycles. The van der Waals surface area contributed by atoms with E-state index < -0.39 is 56.7 Å². The number of aliphatic hydroxyl groups excluding tert-OH is 1. The van der Waals surface area contributed by atoms with E-state index in [0.29, 0.717) is 25.0 Å². The largest absolute Gasteiger partial charge is 0.756 e. The van der Waals surface area contributed by atoms with Crippen molar-refractivity contribution in [3.05, 3.63) is 11.9 Å². The predicted octanol–water partition coefficient (Wildman–Crippen LogP) is -0.236. The Morgan fingerprint density at radius 3 is 2.28 bits per heavy atom. The van der Waals surface area contributed by atoms with Crippen LogP contribution in [0.15, 0.2) is 6.20 Å². The molecule has 2 heterocycles. The second-order valence-corrected chi connectivity index (χ2v) is 14.3. The van der Waals surface area contributed by atoms with Crippen LogP contribution in [0.5, 0.6) is 0 Å². The number of unbranched alkanes of at least 4 members (excludes halogenated alkanes) is 1. The zero-order valence-electron chi connectivity index (χ0n) is 20.9. The Bertz CT molecular complexity index is 1100. The zero-order chi connectivity index (χ0) is 29.3. The molecule has 19 nitrogen and oxygen atoms in total. The molecule has 1 saturated heterocycles. The molecular formula is C16H30N3O16P4-3. The topological polar surface area (TPSA) is 273 Å². The Kier molecular flexibility index (Phi) is 13.5. The lowest BCUT2D eigenvalue weighted by atomic mass is 10.1. The highest BCUT2D eigenvalue weighted by atomic mass is 31.3. The van der Waals surface area contributed by atoms with Gasteiger partial charge in [-0.25, -0.2) is 13.2 Å². The number of hydrogen-bond acceptors (Lipinski definition) is 17. The molecule has 7 atom stereocenters. The van der Waals surface area contributed by atoms with Gasteiger partial charge in [0, 0.05) is 26.3 Å². The number of nitrogens with zero attached hydrogens (tertiary/aromatic N) is 3. The van der Waals surface area contributed by atoms with E-state index in [1.165, 1.54) is 4.68 Å². The van der Waals surface area contributed by atoms with Gasteiger partial charge in [-0.05, 0) is 32.6 Å². The normalized spacial score (nSPS) is 26.0. The fourth-order valence-corrected chi connectivity index (χ4v) is 7.04. The van der Waals surface area contributed by atoms with E-state index in [1.807, 2.05) is 0 Å². The monoisotopic (exact) mass is 644 g/mol. The maximum Gasteiger partial charge on any atom is 0.471 e. The van der Waals surface area contributed by atoms with Crippen molar-refractivity contribution in [3.63, 3.8) is 0 Å². The van der Waals surface area contributed by atoms with Gasteiger partial charge in [-0.1, -0.05) is 5.21 Å². The van der Waals surface area contributed by atoms with E-state index in [-0.39, 0.29) is 32.1 Å². The van der Waals surface area contributed by atoms with Crippen LogP contribution in [-0.4, -0.2) is 70.2 Å². The highest BCUT2D eigenvalue weighted by Gasteiger charge is 2.33. The minimum absolute atomic E-state index is 0.00401. The van der Waals surface area contributed by atoms with Crippen LogP contribution in [0.2, 0.25) is 0 Å². The zero-order valence-corrected chi connectivity index (χ0v) is 24.5. The molecule has 2 N–H and O–H groups in total. The molecule has 39 heavy (non-hydrogen) atoms. The van der Waals surface area contributed by atoms with E-state index in [1.54, 1.807) is 13.1 Å². The van der Waals surface area contributed by atoms with Crippen molar-refractivity contribution >= 4 is 31.3 Å². The molecule has 2 rings (SSSR count). The molecule has 1 aliphatic heterocycles. The summed E-state index contributed by atoms with van der Waals surface area (Å²) in [6.07, 6.45) is 0.803. The van der Waals surface area contributed by atoms with Crippen LogP contribution in [-0.2, 0) is 62.7 Å². The number of phosphoric acid groups is 4. The minimum atomic E-state index is -5.98. The fourth-order valence-electron chi connectivity index (χ4n) is 3.16. The molecule has 0 saturated carbocycles. The van der Waals surface area contributed by atoms with E-state index >= 15 is 0 Å². The van der Waals surface area contributed by atoms with Crippen LogP contribution < -0.4 is 14.7 Å². The lowest BCUT2D eigenvalue weighted by Crippen LogP contribution is -2.27. The van der Waals surface area contributed by atoms with E-state index in [4.69, 9.17) is 9.63 Å². The van der Waals surface area contributed by atoms with Gasteiger partial charge in [-0.15, -0.1) is 5.10 Å². The number of rotatable bonds is 19. The molecule has 1 fully saturated rings. The molecule has 1 aromatic heterocycles. The summed E-state index contributed by atoms with van der Waals surface area (Å²) in [7, 11) is -20.1. The van der Waals surface area contributed by atoms with Gasteiger partial charge in [0.05, 0.1) is 37.7 Å². The summed E-state index contributed by atoms with van der Waals surface area (Å²) < 4.78 is 78.3. The fraction of sp³-hybridized carbons (Fsp3) is 0.875. The van der Waals surface area contributed by atoms with E-state index in [2.05, 4.69) is 37.0 Å². The Morgan fingerprint density at radius 1 is 1.03 bits per heavy atom. The Labute approximate surface area is 223 Å². The summed E-state index contributed by atoms with van der Waals surface area (Å²) >= 11 is 0. The Balaban J connectivity index is 1.68. The van der Waals surface area contributed by atoms with Gasteiger partial charge >= 0.3 is 7.82 Å². The van der Waals surface area contributed by atoms with Crippen molar-refractivity contribution < 1.29 is 74.4 Å². The highest BCUT2D eigenvalue weighted by molar-refractivity contribution is 7.65. The predicted molar refractivity (Wildman–Crippen MR) is 122 cm³/mol. The van der Waals surface area contributed by atoms with Crippen molar-refractivity contribution in [1.29, 1.82) is 0 Å². The van der Waals surface area contributed by atoms with Gasteiger partial charge in [0.25, 0.3) is 23.5 Å². The Morgan fingerprint density at radius 2 is 1.67 bits per heavy atom. The van der Waals surface area contributed by atoms with Crippen LogP contribution in [0.1, 0.15) is 38.3 Å². The van der Waals surface area contributed by atoms with Gasteiger partial charge < -0.3 is 38.5 Å². The van der Waals surface area contributed by atoms with Crippen LogP contribution in [0.25, 0.3) is 0 Å². The summed E-state index contributed by atoms with van der Waals surface area (Å²) in [4.78, 5) is 44.4. The van der Waals surface area contributed by atoms with E-state index in [0.717, 1.165) is 7.11 Å². The number of aryl methyl sites for hydroxylation is 2. The molecule has 4 unspecified atom stereocenters. The third kappa shape index (κ3) is 13.9. The molecule has 23 heteroatoms. The van der Waals surface area contributed by atoms with Crippen molar-refractivity contribution in [2.24, 2.45) is 0 Å². The summed E-state index contributed by atoms with van der Waals surface area (Å²) in [5, 5.41) is 17.4. The van der Waals surface area contributed by atoms with E-state index in [9.17, 15) is 38.0 Å². The lowest BCUT2D eigenvalue weighted by molar-refractivity contribution is -0.251. The molecule has 0 spiro atoms. The van der Waals surface area contributed by atoms with Crippen molar-refractivity contribution in [3.8, 4) is 0 Å². The molecule has 0 bridgehead atoms. The summed E-state index contributed by atoms with van der Waals surface area (Å²) in [5.74, 6) is 0. The summed E-state index contributed by atoms with van der Waals surface area (Å²) in [6.45, 7) is 0.437. The first-order chi connectivity index (χ1) is 18.0. The maximum absolute atomic E-state index is 11.8. The van der Waals surface area contributed by atoms with Crippen LogP contribution >= 0.6 is 31.3 Å². The SMILES string of the molecule is COP(=O)(O)OCCCCc1cn(CCCOP(=O)([O-])OP(=O)([O-])OP(=O)([O-])OC[C@H]2O[C@@H](C)C[C@H]2O)nn1. The van der Waals surface area contributed by atoms with Gasteiger partial charge in [-0.2, -0.15) is 0 Å². The second-order valence-electron chi connectivity index (χ2n) is 8.19. The Hall–Kier alpha value is -0.420. The van der Waals surface area contributed by atoms with Crippen molar-refractivity contribution in [1.82, 2.24) is 15.0 Å². The van der Waals surface area contributed by atoms with Crippen LogP contribution in [0.4, 0.5) is 0 Å². The highest BCUT2D eigenvalue weighted by Crippen LogP contribution is 2.63. The van der Waals surface area contributed by atoms with Gasteiger partial charge in [0.1, 0.15) is 6.10 Å². The first-order valence-corrected chi connectivity index (χ1v) is 17.3. The second kappa shape index (κ2) is 15.2. The van der Waals surface area contributed by atoms with Gasteiger partial charge in [-0.3, -0.25) is 27.4 Å². The molecule has 1 aromatic rings. The first kappa shape index (κ1) is 34.8. The summed E-state index contributed by atoms with van der Waals surface area (Å²) in [6, 6.07) is 0. The van der Waals surface area contributed by atoms with Crippen molar-refractivity contribution in [2.45, 2.75) is 63.9 Å². The lowest BCUT2D eigenvalue weighted by Gasteiger charge is -2.34. The van der Waals surface area contributed by atoms with Gasteiger partial charge in [0.2, 0.25) is 0 Å². The molecular weight excluding hydrogens is 614 g/mol. The average Bonchev–Trinajstić information content (AvgIpc) is 3.38.